The van der Waals surface area contributed by atoms with E-state index in [0.717, 1.165) is 25.4 Å². The summed E-state index contributed by atoms with van der Waals surface area (Å²) >= 11 is 0. The molecule has 3 aliphatic rings. The molecule has 1 unspecified atom stereocenters. The van der Waals surface area contributed by atoms with Crippen molar-refractivity contribution in [1.82, 2.24) is 4.90 Å². The maximum Gasteiger partial charge on any atom is 0.138 e. The number of hydrogen-bond donors (Lipinski definition) is 0. The normalized spacial score (nSPS) is 35.5. The summed E-state index contributed by atoms with van der Waals surface area (Å²) in [5.41, 5.74) is 0.708. The van der Waals surface area contributed by atoms with Gasteiger partial charge in [-0.05, 0) is 37.0 Å². The number of ketones is 1. The van der Waals surface area contributed by atoms with E-state index in [1.807, 2.05) is 0 Å². The van der Waals surface area contributed by atoms with Gasteiger partial charge in [0.2, 0.25) is 0 Å². The van der Waals surface area contributed by atoms with Crippen molar-refractivity contribution in [2.24, 2.45) is 17.3 Å². The average Bonchev–Trinajstić information content (AvgIpc) is 3.01. The van der Waals surface area contributed by atoms with Crippen LogP contribution >= 0.6 is 0 Å². The number of nitrogens with zero attached hydrogens (tertiary/aromatic N) is 1. The fourth-order valence-corrected chi connectivity index (χ4v) is 3.24. The Bertz CT molecular complexity index is 278. The van der Waals surface area contributed by atoms with Gasteiger partial charge in [0.25, 0.3) is 0 Å². The molecule has 84 valence electrons. The Morgan fingerprint density at radius 2 is 2.13 bits per heavy atom. The Balaban J connectivity index is 1.57. The first-order valence-corrected chi connectivity index (χ1v) is 6.45. The lowest BCUT2D eigenvalue weighted by Gasteiger charge is -2.33. The van der Waals surface area contributed by atoms with Crippen LogP contribution in [0.1, 0.15) is 39.0 Å². The molecule has 0 N–H and O–H groups in total. The van der Waals surface area contributed by atoms with Gasteiger partial charge in [-0.15, -0.1) is 0 Å². The van der Waals surface area contributed by atoms with Gasteiger partial charge >= 0.3 is 0 Å². The zero-order valence-corrected chi connectivity index (χ0v) is 9.67. The minimum absolute atomic E-state index is 0.286. The number of carbonyl (C=O) groups is 1. The summed E-state index contributed by atoms with van der Waals surface area (Å²) in [6, 6.07) is 0. The Morgan fingerprint density at radius 3 is 2.67 bits per heavy atom. The fourth-order valence-electron chi connectivity index (χ4n) is 3.24. The summed E-state index contributed by atoms with van der Waals surface area (Å²) in [5, 5.41) is 0. The molecular weight excluding hydrogens is 186 g/mol. The van der Waals surface area contributed by atoms with Crippen LogP contribution in [0.5, 0.6) is 0 Å². The van der Waals surface area contributed by atoms with Gasteiger partial charge in [0.05, 0.1) is 0 Å². The highest BCUT2D eigenvalue weighted by Crippen LogP contribution is 2.61. The highest BCUT2D eigenvalue weighted by molar-refractivity contribution is 5.81. The highest BCUT2D eigenvalue weighted by Gasteiger charge is 2.54. The standard InChI is InChI=1S/C13H21NO/c1-10-8-14(7-4-12(10)15)9-13(5-6-13)11-2-3-11/h10-11H,2-9H2,1H3. The molecule has 0 aromatic carbocycles. The second-order valence-corrected chi connectivity index (χ2v) is 5.99. The second kappa shape index (κ2) is 3.31. The number of Topliss-reactive ketones (excluding diaryl/α,β-unsaturated/α-hetero) is 1. The lowest BCUT2D eigenvalue weighted by Crippen LogP contribution is -2.42. The van der Waals surface area contributed by atoms with E-state index in [1.54, 1.807) is 0 Å². The number of piperidine rings is 1. The molecular formula is C13H21NO. The molecule has 15 heavy (non-hydrogen) atoms. The first-order chi connectivity index (χ1) is 7.20. The van der Waals surface area contributed by atoms with E-state index < -0.39 is 0 Å². The van der Waals surface area contributed by atoms with E-state index in [9.17, 15) is 4.79 Å². The largest absolute Gasteiger partial charge is 0.302 e. The number of rotatable bonds is 3. The molecule has 1 saturated heterocycles. The molecule has 1 heterocycles. The topological polar surface area (TPSA) is 20.3 Å². The molecule has 0 bridgehead atoms. The summed E-state index contributed by atoms with van der Waals surface area (Å²) in [7, 11) is 0. The van der Waals surface area contributed by atoms with Crippen molar-refractivity contribution in [3.8, 4) is 0 Å². The Labute approximate surface area is 92.0 Å². The molecule has 2 aliphatic carbocycles. The van der Waals surface area contributed by atoms with Gasteiger partial charge in [-0.25, -0.2) is 0 Å². The van der Waals surface area contributed by atoms with E-state index in [-0.39, 0.29) is 5.92 Å². The average molecular weight is 207 g/mol. The summed E-state index contributed by atoms with van der Waals surface area (Å²) < 4.78 is 0. The quantitative estimate of drug-likeness (QED) is 0.706. The van der Waals surface area contributed by atoms with Crippen molar-refractivity contribution in [3.05, 3.63) is 0 Å². The van der Waals surface area contributed by atoms with Gasteiger partial charge < -0.3 is 4.90 Å². The monoisotopic (exact) mass is 207 g/mol. The third kappa shape index (κ3) is 1.84. The van der Waals surface area contributed by atoms with Crippen molar-refractivity contribution >= 4 is 5.78 Å². The van der Waals surface area contributed by atoms with Crippen molar-refractivity contribution in [3.63, 3.8) is 0 Å². The van der Waals surface area contributed by atoms with Gasteiger partial charge in [0, 0.05) is 32.0 Å². The Kier molecular flexibility index (Phi) is 2.17. The molecule has 0 radical (unpaired) electrons. The Hall–Kier alpha value is -0.370. The highest BCUT2D eigenvalue weighted by atomic mass is 16.1. The maximum absolute atomic E-state index is 11.4. The molecule has 1 atom stereocenters. The van der Waals surface area contributed by atoms with Gasteiger partial charge in [0.15, 0.2) is 0 Å². The third-order valence-corrected chi connectivity index (χ3v) is 4.63. The molecule has 2 nitrogen and oxygen atoms in total. The molecule has 0 amide bonds. The van der Waals surface area contributed by atoms with Crippen molar-refractivity contribution in [1.29, 1.82) is 0 Å². The van der Waals surface area contributed by atoms with E-state index in [4.69, 9.17) is 0 Å². The minimum Gasteiger partial charge on any atom is -0.302 e. The molecule has 1 aliphatic heterocycles. The van der Waals surface area contributed by atoms with Crippen LogP contribution in [0.15, 0.2) is 0 Å². The van der Waals surface area contributed by atoms with Crippen LogP contribution < -0.4 is 0 Å². The molecule has 3 rings (SSSR count). The number of hydrogen-bond acceptors (Lipinski definition) is 2. The molecule has 3 fully saturated rings. The van der Waals surface area contributed by atoms with Gasteiger partial charge in [0.1, 0.15) is 5.78 Å². The zero-order valence-electron chi connectivity index (χ0n) is 9.67. The van der Waals surface area contributed by atoms with E-state index >= 15 is 0 Å². The van der Waals surface area contributed by atoms with Crippen LogP contribution in [0.25, 0.3) is 0 Å². The van der Waals surface area contributed by atoms with Crippen LogP contribution in [0.3, 0.4) is 0 Å². The van der Waals surface area contributed by atoms with Crippen LogP contribution in [0.2, 0.25) is 0 Å². The lowest BCUT2D eigenvalue weighted by atomic mass is 9.94. The van der Waals surface area contributed by atoms with Gasteiger partial charge in [-0.1, -0.05) is 6.92 Å². The van der Waals surface area contributed by atoms with Crippen LogP contribution in [0.4, 0.5) is 0 Å². The first kappa shape index (κ1) is 9.83. The van der Waals surface area contributed by atoms with Gasteiger partial charge in [-0.2, -0.15) is 0 Å². The Morgan fingerprint density at radius 1 is 1.40 bits per heavy atom. The minimum atomic E-state index is 0.286. The second-order valence-electron chi connectivity index (χ2n) is 5.99. The SMILES string of the molecule is CC1CN(CC2(C3CC3)CC2)CCC1=O. The fraction of sp³-hybridized carbons (Fsp3) is 0.923. The summed E-state index contributed by atoms with van der Waals surface area (Å²) in [4.78, 5) is 14.0. The van der Waals surface area contributed by atoms with E-state index in [2.05, 4.69) is 11.8 Å². The van der Waals surface area contributed by atoms with E-state index in [1.165, 1.54) is 32.2 Å². The van der Waals surface area contributed by atoms with E-state index in [0.29, 0.717) is 11.2 Å². The molecule has 0 spiro atoms. The van der Waals surface area contributed by atoms with Crippen molar-refractivity contribution < 1.29 is 4.79 Å². The maximum atomic E-state index is 11.4. The summed E-state index contributed by atoms with van der Waals surface area (Å²) in [6.45, 7) is 5.42. The summed E-state index contributed by atoms with van der Waals surface area (Å²) in [6.07, 6.45) is 6.65. The first-order valence-electron chi connectivity index (χ1n) is 6.45. The van der Waals surface area contributed by atoms with Crippen molar-refractivity contribution in [2.45, 2.75) is 39.0 Å². The smallest absolute Gasteiger partial charge is 0.138 e. The van der Waals surface area contributed by atoms with Crippen LogP contribution in [-0.2, 0) is 4.79 Å². The summed E-state index contributed by atoms with van der Waals surface area (Å²) in [5.74, 6) is 1.81. The van der Waals surface area contributed by atoms with Crippen molar-refractivity contribution in [2.75, 3.05) is 19.6 Å². The number of likely N-dealkylation sites (tertiary alicyclic amines) is 1. The van der Waals surface area contributed by atoms with Crippen LogP contribution in [-0.4, -0.2) is 30.3 Å². The van der Waals surface area contributed by atoms with Crippen LogP contribution in [0, 0.1) is 17.3 Å². The molecule has 2 saturated carbocycles. The number of carbonyl (C=O) groups excluding carboxylic acids is 1. The lowest BCUT2D eigenvalue weighted by molar-refractivity contribution is -0.125. The third-order valence-electron chi connectivity index (χ3n) is 4.63. The molecule has 0 aromatic rings. The molecule has 0 aromatic heterocycles. The predicted octanol–water partition coefficient (Wildman–Crippen LogP) is 2.09. The zero-order chi connectivity index (χ0) is 10.5. The predicted molar refractivity (Wildman–Crippen MR) is 59.6 cm³/mol. The van der Waals surface area contributed by atoms with Gasteiger partial charge in [-0.3, -0.25) is 4.79 Å². The molecule has 2 heteroatoms.